The number of nitrogens with zero attached hydrogens (tertiary/aromatic N) is 3. The molecule has 1 amide bonds. The monoisotopic (exact) mass is 492 g/mol. The Morgan fingerprint density at radius 1 is 0.946 bits per heavy atom. The highest BCUT2D eigenvalue weighted by Crippen LogP contribution is 2.39. The Morgan fingerprint density at radius 2 is 1.68 bits per heavy atom. The van der Waals surface area contributed by atoms with E-state index in [1.807, 2.05) is 30.3 Å². The van der Waals surface area contributed by atoms with Gasteiger partial charge < -0.3 is 26.5 Å². The summed E-state index contributed by atoms with van der Waals surface area (Å²) in [6, 6.07) is 20.3. The second kappa shape index (κ2) is 9.22. The average Bonchev–Trinajstić information content (AvgIpc) is 3.25. The molecule has 1 fully saturated rings. The third-order valence-electron chi connectivity index (χ3n) is 7.26. The van der Waals surface area contributed by atoms with Gasteiger partial charge in [0.05, 0.1) is 22.7 Å². The first-order chi connectivity index (χ1) is 18.0. The third-order valence-corrected chi connectivity index (χ3v) is 7.26. The standard InChI is InChI=1S/C29H28N6O2/c30-28(37)22-13-10-19(14-24(22)34-18-8-11-20(36)12-9-18)35-25-6-2-1-4-23(25)27-21(5-3-7-26(27)35)17-15-32-29(31)33-16-17/h1-7,10,13-16,18,20,34,36H,8-9,11-12H2,(H2,30,37)(H2,31,32,33)/t18-,20-. The van der Waals surface area contributed by atoms with E-state index in [0.29, 0.717) is 11.3 Å². The van der Waals surface area contributed by atoms with E-state index in [1.165, 1.54) is 0 Å². The van der Waals surface area contributed by atoms with E-state index in [-0.39, 0.29) is 18.1 Å². The molecule has 0 bridgehead atoms. The minimum Gasteiger partial charge on any atom is -0.393 e. The van der Waals surface area contributed by atoms with Gasteiger partial charge in [0, 0.05) is 46.1 Å². The van der Waals surface area contributed by atoms with Gasteiger partial charge >= 0.3 is 0 Å². The van der Waals surface area contributed by atoms with Crippen molar-refractivity contribution in [3.05, 3.63) is 78.6 Å². The number of aliphatic hydroxyl groups is 1. The summed E-state index contributed by atoms with van der Waals surface area (Å²) in [6.07, 6.45) is 6.40. The minimum atomic E-state index is -0.474. The van der Waals surface area contributed by atoms with Crippen LogP contribution in [0.5, 0.6) is 0 Å². The quantitative estimate of drug-likeness (QED) is 0.283. The molecule has 2 aromatic heterocycles. The lowest BCUT2D eigenvalue weighted by Crippen LogP contribution is -2.29. The van der Waals surface area contributed by atoms with Gasteiger partial charge in [-0.1, -0.05) is 30.3 Å². The summed E-state index contributed by atoms with van der Waals surface area (Å²) in [7, 11) is 0. The second-order valence-corrected chi connectivity index (χ2v) is 9.63. The van der Waals surface area contributed by atoms with Gasteiger partial charge in [0.2, 0.25) is 5.95 Å². The predicted octanol–water partition coefficient (Wildman–Crippen LogP) is 4.64. The number of benzene rings is 3. The zero-order valence-electron chi connectivity index (χ0n) is 20.3. The van der Waals surface area contributed by atoms with Crippen molar-refractivity contribution in [3.8, 4) is 16.8 Å². The number of para-hydroxylation sites is 1. The van der Waals surface area contributed by atoms with Crippen molar-refractivity contribution in [2.45, 2.75) is 37.8 Å². The van der Waals surface area contributed by atoms with E-state index in [4.69, 9.17) is 11.5 Å². The Labute approximate surface area is 214 Å². The number of amides is 1. The fourth-order valence-corrected chi connectivity index (χ4v) is 5.46. The van der Waals surface area contributed by atoms with Crippen molar-refractivity contribution in [1.29, 1.82) is 0 Å². The van der Waals surface area contributed by atoms with E-state index in [0.717, 1.165) is 64.3 Å². The fourth-order valence-electron chi connectivity index (χ4n) is 5.46. The van der Waals surface area contributed by atoms with Crippen molar-refractivity contribution in [3.63, 3.8) is 0 Å². The average molecular weight is 493 g/mol. The maximum atomic E-state index is 12.3. The van der Waals surface area contributed by atoms with Crippen LogP contribution in [-0.4, -0.2) is 37.7 Å². The minimum absolute atomic E-state index is 0.173. The van der Waals surface area contributed by atoms with Gasteiger partial charge in [-0.2, -0.15) is 0 Å². The molecular formula is C29H28N6O2. The van der Waals surface area contributed by atoms with Gasteiger partial charge in [0.1, 0.15) is 0 Å². The van der Waals surface area contributed by atoms with Crippen LogP contribution < -0.4 is 16.8 Å². The zero-order chi connectivity index (χ0) is 25.5. The highest BCUT2D eigenvalue weighted by Gasteiger charge is 2.22. The number of aliphatic hydroxyl groups excluding tert-OH is 1. The highest BCUT2D eigenvalue weighted by molar-refractivity contribution is 6.15. The number of aromatic nitrogens is 3. The van der Waals surface area contributed by atoms with Gasteiger partial charge in [-0.15, -0.1) is 0 Å². The van der Waals surface area contributed by atoms with Crippen molar-refractivity contribution in [2.24, 2.45) is 5.73 Å². The number of rotatable bonds is 5. The third kappa shape index (κ3) is 4.15. The van der Waals surface area contributed by atoms with Crippen LogP contribution in [0.3, 0.4) is 0 Å². The normalized spacial score (nSPS) is 17.8. The van der Waals surface area contributed by atoms with Crippen molar-refractivity contribution >= 4 is 39.3 Å². The number of nitrogens with one attached hydrogen (secondary N) is 1. The van der Waals surface area contributed by atoms with Crippen molar-refractivity contribution in [2.75, 3.05) is 11.1 Å². The maximum Gasteiger partial charge on any atom is 0.250 e. The van der Waals surface area contributed by atoms with Crippen LogP contribution in [0, 0.1) is 0 Å². The molecule has 0 aliphatic heterocycles. The molecule has 1 aliphatic rings. The maximum absolute atomic E-state index is 12.3. The van der Waals surface area contributed by atoms with Gasteiger partial charge in [0.15, 0.2) is 0 Å². The summed E-state index contributed by atoms with van der Waals surface area (Å²) in [4.78, 5) is 20.7. The van der Waals surface area contributed by atoms with Crippen LogP contribution in [0.15, 0.2) is 73.1 Å². The lowest BCUT2D eigenvalue weighted by molar-refractivity contribution is 0.100. The lowest BCUT2D eigenvalue weighted by atomic mass is 9.92. The molecule has 0 unspecified atom stereocenters. The Morgan fingerprint density at radius 3 is 2.43 bits per heavy atom. The van der Waals surface area contributed by atoms with Crippen LogP contribution in [0.25, 0.3) is 38.6 Å². The molecule has 0 radical (unpaired) electrons. The topological polar surface area (TPSA) is 132 Å². The number of nitrogens with two attached hydrogens (primary N) is 2. The molecule has 0 atom stereocenters. The van der Waals surface area contributed by atoms with E-state index in [1.54, 1.807) is 18.5 Å². The van der Waals surface area contributed by atoms with E-state index >= 15 is 0 Å². The molecule has 6 rings (SSSR count). The van der Waals surface area contributed by atoms with Gasteiger partial charge in [-0.25, -0.2) is 9.97 Å². The first-order valence-electron chi connectivity index (χ1n) is 12.5. The number of hydrogen-bond donors (Lipinski definition) is 4. The van der Waals surface area contributed by atoms with Crippen LogP contribution in [0.1, 0.15) is 36.0 Å². The Hall–Kier alpha value is -4.43. The number of primary amides is 1. The number of nitrogen functional groups attached to an aromatic ring is 1. The van der Waals surface area contributed by atoms with Crippen LogP contribution >= 0.6 is 0 Å². The number of fused-ring (bicyclic) bond motifs is 3. The largest absolute Gasteiger partial charge is 0.393 e. The van der Waals surface area contributed by atoms with Gasteiger partial charge in [-0.05, 0) is 61.6 Å². The molecule has 6 N–H and O–H groups in total. The molecule has 3 aromatic carbocycles. The Balaban J connectivity index is 1.53. The zero-order valence-corrected chi connectivity index (χ0v) is 20.3. The lowest BCUT2D eigenvalue weighted by Gasteiger charge is -2.28. The molecule has 0 saturated heterocycles. The molecule has 1 aliphatic carbocycles. The first-order valence-corrected chi connectivity index (χ1v) is 12.5. The summed E-state index contributed by atoms with van der Waals surface area (Å²) >= 11 is 0. The summed E-state index contributed by atoms with van der Waals surface area (Å²) in [5, 5.41) is 15.6. The van der Waals surface area contributed by atoms with E-state index in [2.05, 4.69) is 44.1 Å². The molecule has 8 nitrogen and oxygen atoms in total. The SMILES string of the molecule is NC(=O)c1ccc(-n2c3ccccc3c3c(-c4cnc(N)nc4)cccc32)cc1N[C@H]1CC[C@H](O)CC1. The Kier molecular flexibility index (Phi) is 5.73. The molecule has 0 spiro atoms. The molecule has 186 valence electrons. The molecular weight excluding hydrogens is 464 g/mol. The number of carbonyl (C=O) groups excluding carboxylic acids is 1. The van der Waals surface area contributed by atoms with Crippen molar-refractivity contribution < 1.29 is 9.90 Å². The second-order valence-electron chi connectivity index (χ2n) is 9.63. The van der Waals surface area contributed by atoms with Crippen LogP contribution in [0.2, 0.25) is 0 Å². The summed E-state index contributed by atoms with van der Waals surface area (Å²) in [5.41, 5.74) is 17.5. The summed E-state index contributed by atoms with van der Waals surface area (Å²) < 4.78 is 2.20. The van der Waals surface area contributed by atoms with Crippen LogP contribution in [-0.2, 0) is 0 Å². The summed E-state index contributed by atoms with van der Waals surface area (Å²) in [6.45, 7) is 0. The smallest absolute Gasteiger partial charge is 0.250 e. The number of hydrogen-bond acceptors (Lipinski definition) is 6. The van der Waals surface area contributed by atoms with Gasteiger partial charge in [0.25, 0.3) is 5.91 Å². The number of carbonyl (C=O) groups is 1. The van der Waals surface area contributed by atoms with Crippen LogP contribution in [0.4, 0.5) is 11.6 Å². The first kappa shape index (κ1) is 23.0. The summed E-state index contributed by atoms with van der Waals surface area (Å²) in [5.74, 6) is -0.238. The van der Waals surface area contributed by atoms with E-state index in [9.17, 15) is 9.90 Å². The van der Waals surface area contributed by atoms with Crippen molar-refractivity contribution in [1.82, 2.24) is 14.5 Å². The highest BCUT2D eigenvalue weighted by atomic mass is 16.3. The Bertz CT molecular complexity index is 1620. The molecule has 8 heteroatoms. The molecule has 2 heterocycles. The molecule has 5 aromatic rings. The predicted molar refractivity (Wildman–Crippen MR) is 147 cm³/mol. The molecule has 37 heavy (non-hydrogen) atoms. The number of anilines is 2. The van der Waals surface area contributed by atoms with E-state index < -0.39 is 5.91 Å². The fraction of sp³-hybridized carbons (Fsp3) is 0.207. The van der Waals surface area contributed by atoms with Gasteiger partial charge in [-0.3, -0.25) is 4.79 Å². The molecule has 1 saturated carbocycles.